The Bertz CT molecular complexity index is 659. The van der Waals surface area contributed by atoms with Gasteiger partial charge in [-0.1, -0.05) is 11.8 Å². The van der Waals surface area contributed by atoms with Crippen LogP contribution in [0, 0.1) is 11.3 Å². The molecule has 1 N–H and O–H groups in total. The van der Waals surface area contributed by atoms with E-state index in [2.05, 4.69) is 11.1 Å². The molecule has 3 rings (SSSR count). The lowest BCUT2D eigenvalue weighted by molar-refractivity contribution is 0.475. The first kappa shape index (κ1) is 12.1. The Morgan fingerprint density at radius 1 is 1.21 bits per heavy atom. The molecular formula is C15H12N2OS. The second-order valence-electron chi connectivity index (χ2n) is 4.51. The van der Waals surface area contributed by atoms with Crippen LogP contribution in [-0.4, -0.2) is 10.1 Å². The van der Waals surface area contributed by atoms with Crippen molar-refractivity contribution in [3.8, 4) is 11.8 Å². The summed E-state index contributed by atoms with van der Waals surface area (Å²) in [6, 6.07) is 11.1. The molecule has 0 fully saturated rings. The van der Waals surface area contributed by atoms with Crippen LogP contribution < -0.4 is 0 Å². The molecule has 0 saturated heterocycles. The van der Waals surface area contributed by atoms with Gasteiger partial charge in [-0.05, 0) is 55.2 Å². The maximum Gasteiger partial charge on any atom is 0.119 e. The van der Waals surface area contributed by atoms with Crippen molar-refractivity contribution in [1.29, 1.82) is 5.26 Å². The molecule has 19 heavy (non-hydrogen) atoms. The maximum atomic E-state index is 9.27. The average Bonchev–Trinajstić information content (AvgIpc) is 2.87. The number of hydrogen-bond donors (Lipinski definition) is 1. The maximum absolute atomic E-state index is 9.27. The van der Waals surface area contributed by atoms with E-state index >= 15 is 0 Å². The second kappa shape index (κ2) is 4.94. The number of benzene rings is 1. The highest BCUT2D eigenvalue weighted by Gasteiger charge is 2.16. The molecule has 3 nitrogen and oxygen atoms in total. The summed E-state index contributed by atoms with van der Waals surface area (Å²) < 4.78 is 0. The highest BCUT2D eigenvalue weighted by atomic mass is 32.2. The predicted molar refractivity (Wildman–Crippen MR) is 73.2 cm³/mol. The Labute approximate surface area is 115 Å². The summed E-state index contributed by atoms with van der Waals surface area (Å²) in [6.07, 6.45) is 3.16. The van der Waals surface area contributed by atoms with Crippen LogP contribution in [-0.2, 0) is 12.8 Å². The van der Waals surface area contributed by atoms with Crippen molar-refractivity contribution in [2.24, 2.45) is 0 Å². The average molecular weight is 268 g/mol. The van der Waals surface area contributed by atoms with E-state index in [1.165, 1.54) is 17.3 Å². The summed E-state index contributed by atoms with van der Waals surface area (Å²) in [7, 11) is 0. The van der Waals surface area contributed by atoms with Gasteiger partial charge in [0.15, 0.2) is 0 Å². The predicted octanol–water partition coefficient (Wildman–Crippen LogP) is 3.30. The van der Waals surface area contributed by atoms with Gasteiger partial charge in [0.25, 0.3) is 0 Å². The Morgan fingerprint density at radius 3 is 2.74 bits per heavy atom. The summed E-state index contributed by atoms with van der Waals surface area (Å²) in [5.74, 6) is 0.242. The van der Waals surface area contributed by atoms with Crippen molar-refractivity contribution >= 4 is 11.8 Å². The van der Waals surface area contributed by atoms with Crippen LogP contribution in [0.3, 0.4) is 0 Å². The van der Waals surface area contributed by atoms with E-state index in [9.17, 15) is 10.4 Å². The number of fused-ring (bicyclic) bond motifs is 1. The molecule has 0 amide bonds. The van der Waals surface area contributed by atoms with Gasteiger partial charge in [0.2, 0.25) is 0 Å². The molecule has 1 aromatic heterocycles. The fourth-order valence-corrected chi connectivity index (χ4v) is 3.10. The topological polar surface area (TPSA) is 56.9 Å². The number of aromatic hydroxyl groups is 1. The van der Waals surface area contributed by atoms with E-state index in [0.717, 1.165) is 34.9 Å². The highest BCUT2D eigenvalue weighted by Crippen LogP contribution is 2.32. The molecular weight excluding hydrogens is 256 g/mol. The summed E-state index contributed by atoms with van der Waals surface area (Å²) in [6.45, 7) is 0. The Balaban J connectivity index is 1.96. The lowest BCUT2D eigenvalue weighted by atomic mass is 10.2. The molecule has 0 aliphatic heterocycles. The summed E-state index contributed by atoms with van der Waals surface area (Å²) in [5.41, 5.74) is 2.98. The molecule has 2 aromatic rings. The minimum absolute atomic E-state index is 0.242. The Kier molecular flexibility index (Phi) is 3.14. The van der Waals surface area contributed by atoms with Crippen molar-refractivity contribution in [2.45, 2.75) is 29.2 Å². The molecule has 94 valence electrons. The summed E-state index contributed by atoms with van der Waals surface area (Å²) in [4.78, 5) is 5.59. The molecule has 4 heteroatoms. The lowest BCUT2D eigenvalue weighted by Crippen LogP contribution is -1.94. The van der Waals surface area contributed by atoms with Gasteiger partial charge in [-0.25, -0.2) is 4.98 Å². The van der Waals surface area contributed by atoms with E-state index in [0.29, 0.717) is 5.56 Å². The quantitative estimate of drug-likeness (QED) is 0.908. The summed E-state index contributed by atoms with van der Waals surface area (Å²) in [5, 5.41) is 19.3. The standard InChI is InChI=1S/C15H12N2OS/c16-9-11-8-10-2-1-3-14(10)17-15(11)19-13-6-4-12(18)5-7-13/h4-8,18H,1-3H2. The third-order valence-corrected chi connectivity index (χ3v) is 4.20. The first-order valence-electron chi connectivity index (χ1n) is 6.16. The number of aromatic nitrogens is 1. The number of nitrogens with zero attached hydrogens (tertiary/aromatic N) is 2. The number of nitriles is 1. The van der Waals surface area contributed by atoms with Crippen LogP contribution in [0.5, 0.6) is 5.75 Å². The number of rotatable bonds is 2. The molecule has 0 unspecified atom stereocenters. The van der Waals surface area contributed by atoms with Gasteiger partial charge in [0.1, 0.15) is 16.8 Å². The Morgan fingerprint density at radius 2 is 2.00 bits per heavy atom. The van der Waals surface area contributed by atoms with Gasteiger partial charge in [0.05, 0.1) is 5.56 Å². The van der Waals surface area contributed by atoms with Crippen LogP contribution in [0.4, 0.5) is 0 Å². The number of hydrogen-bond acceptors (Lipinski definition) is 4. The monoisotopic (exact) mass is 268 g/mol. The van der Waals surface area contributed by atoms with Gasteiger partial charge < -0.3 is 5.11 Å². The van der Waals surface area contributed by atoms with Crippen molar-refractivity contribution in [1.82, 2.24) is 4.98 Å². The number of phenols is 1. The fraction of sp³-hybridized carbons (Fsp3) is 0.200. The normalized spacial score (nSPS) is 13.0. The molecule has 0 saturated carbocycles. The van der Waals surface area contributed by atoms with E-state index in [-0.39, 0.29) is 5.75 Å². The zero-order chi connectivity index (χ0) is 13.2. The molecule has 0 atom stereocenters. The third-order valence-electron chi connectivity index (χ3n) is 3.19. The van der Waals surface area contributed by atoms with Crippen molar-refractivity contribution in [3.63, 3.8) is 0 Å². The van der Waals surface area contributed by atoms with E-state index < -0.39 is 0 Å². The van der Waals surface area contributed by atoms with Crippen LogP contribution >= 0.6 is 11.8 Å². The number of aryl methyl sites for hydroxylation is 2. The smallest absolute Gasteiger partial charge is 0.119 e. The van der Waals surface area contributed by atoms with Crippen molar-refractivity contribution < 1.29 is 5.11 Å². The largest absolute Gasteiger partial charge is 0.508 e. The van der Waals surface area contributed by atoms with Crippen LogP contribution in [0.2, 0.25) is 0 Å². The molecule has 1 heterocycles. The molecule has 0 bridgehead atoms. The van der Waals surface area contributed by atoms with Crippen molar-refractivity contribution in [3.05, 3.63) is 47.2 Å². The van der Waals surface area contributed by atoms with Gasteiger partial charge in [-0.3, -0.25) is 0 Å². The lowest BCUT2D eigenvalue weighted by Gasteiger charge is -2.06. The molecule has 1 aliphatic rings. The molecule has 1 aromatic carbocycles. The minimum atomic E-state index is 0.242. The molecule has 1 aliphatic carbocycles. The van der Waals surface area contributed by atoms with E-state index in [4.69, 9.17) is 0 Å². The third kappa shape index (κ3) is 2.42. The number of phenolic OH excluding ortho intramolecular Hbond substituents is 1. The fourth-order valence-electron chi connectivity index (χ4n) is 2.24. The molecule has 0 spiro atoms. The van der Waals surface area contributed by atoms with Gasteiger partial charge >= 0.3 is 0 Å². The minimum Gasteiger partial charge on any atom is -0.508 e. The number of pyridine rings is 1. The second-order valence-corrected chi connectivity index (χ2v) is 5.57. The van der Waals surface area contributed by atoms with Gasteiger partial charge in [-0.2, -0.15) is 5.26 Å². The summed E-state index contributed by atoms with van der Waals surface area (Å²) >= 11 is 1.47. The molecule has 0 radical (unpaired) electrons. The zero-order valence-electron chi connectivity index (χ0n) is 10.3. The van der Waals surface area contributed by atoms with Crippen molar-refractivity contribution in [2.75, 3.05) is 0 Å². The van der Waals surface area contributed by atoms with Crippen LogP contribution in [0.1, 0.15) is 23.2 Å². The van der Waals surface area contributed by atoms with Crippen LogP contribution in [0.15, 0.2) is 40.3 Å². The highest BCUT2D eigenvalue weighted by molar-refractivity contribution is 7.99. The first-order chi connectivity index (χ1) is 9.26. The van der Waals surface area contributed by atoms with Gasteiger partial charge in [0, 0.05) is 10.6 Å². The van der Waals surface area contributed by atoms with Gasteiger partial charge in [-0.15, -0.1) is 0 Å². The van der Waals surface area contributed by atoms with E-state index in [1.807, 2.05) is 18.2 Å². The SMILES string of the molecule is N#Cc1cc2c(nc1Sc1ccc(O)cc1)CCC2. The van der Waals surface area contributed by atoms with E-state index in [1.54, 1.807) is 12.1 Å². The first-order valence-corrected chi connectivity index (χ1v) is 6.97. The van der Waals surface area contributed by atoms with Crippen LogP contribution in [0.25, 0.3) is 0 Å². The zero-order valence-corrected chi connectivity index (χ0v) is 11.1. The Hall–Kier alpha value is -1.99.